The van der Waals surface area contributed by atoms with Crippen molar-refractivity contribution in [1.29, 1.82) is 0 Å². The Morgan fingerprint density at radius 2 is 1.75 bits per heavy atom. The molecule has 0 unspecified atom stereocenters. The number of amides is 1. The number of aromatic amines is 1. The molecule has 4 heterocycles. The molecule has 12 nitrogen and oxygen atoms in total. The summed E-state index contributed by atoms with van der Waals surface area (Å²) >= 11 is 6.64. The summed E-state index contributed by atoms with van der Waals surface area (Å²) in [4.78, 5) is 26.9. The first-order valence-corrected chi connectivity index (χ1v) is 20.3. The molecule has 2 fully saturated rings. The molecule has 4 aromatic heterocycles. The number of H-pyrrole nitrogens is 1. The monoisotopic (exact) mass is 831 g/mol. The highest BCUT2D eigenvalue weighted by Crippen LogP contribution is 2.63. The second-order valence-electron chi connectivity index (χ2n) is 15.0. The zero-order valence-corrected chi connectivity index (χ0v) is 31.6. The number of rotatable bonds is 11. The summed E-state index contributed by atoms with van der Waals surface area (Å²) in [6.07, 6.45) is -0.247. The van der Waals surface area contributed by atoms with Crippen LogP contribution in [-0.4, -0.2) is 55.1 Å². The molecule has 0 aliphatic heterocycles. The maximum atomic E-state index is 15.7. The molecule has 6 aromatic rings. The number of anilines is 1. The molecule has 9 rings (SSSR count). The molecular weight excluding hydrogens is 800 g/mol. The molecule has 3 atom stereocenters. The molecule has 0 spiro atoms. The third kappa shape index (κ3) is 6.47. The minimum absolute atomic E-state index is 0.0600. The van der Waals surface area contributed by atoms with E-state index in [-0.39, 0.29) is 57.5 Å². The predicted octanol–water partition coefficient (Wildman–Crippen LogP) is 7.53. The normalized spacial score (nSPS) is 19.2. The lowest BCUT2D eigenvalue weighted by atomic mass is 9.73. The molecule has 3 N–H and O–H groups in total. The molecule has 0 saturated heterocycles. The van der Waals surface area contributed by atoms with E-state index in [1.54, 1.807) is 19.2 Å². The summed E-state index contributed by atoms with van der Waals surface area (Å²) in [5.74, 6) is -7.40. The zero-order chi connectivity index (χ0) is 40.3. The average Bonchev–Trinajstić information content (AvgIpc) is 3.57. The quantitative estimate of drug-likeness (QED) is 0.114. The standard InChI is InChI=1S/C37H32ClF6N9O3S/c1-52-31-19(6-8-23(38)28(31)36(50-52)51-57(2,55)56)21-13-25-35(48-34(46-25)16-3-4-16)47-29(21)24(11-15-9-17(39)12-18(40)10-15)45-26(54)14-53-32-27(30(49-53)33(41)42)20-5-7-22(20)37(32,43)44/h6,8-10,12-13,16,20,22,24,33H,3-5,7,11,14H2,1-2H3,(H,45,54)(H,50,51)(H,46,47,48)/t20-,22+,24-/m0/s1. The van der Waals surface area contributed by atoms with Crippen LogP contribution in [0.15, 0.2) is 36.4 Å². The lowest BCUT2D eigenvalue weighted by molar-refractivity contribution is -0.123. The van der Waals surface area contributed by atoms with Gasteiger partial charge in [0.15, 0.2) is 11.5 Å². The summed E-state index contributed by atoms with van der Waals surface area (Å²) < 4.78 is 118. The van der Waals surface area contributed by atoms with Crippen LogP contribution in [0.25, 0.3) is 33.2 Å². The van der Waals surface area contributed by atoms with Gasteiger partial charge in [-0.25, -0.2) is 35.9 Å². The van der Waals surface area contributed by atoms with E-state index < -0.39 is 75.7 Å². The minimum Gasteiger partial charge on any atom is -0.346 e. The van der Waals surface area contributed by atoms with Crippen LogP contribution in [-0.2, 0) is 40.8 Å². The number of imidazole rings is 1. The Hall–Kier alpha value is -5.17. The first kappa shape index (κ1) is 37.4. The van der Waals surface area contributed by atoms with Crippen molar-refractivity contribution in [2.24, 2.45) is 13.0 Å². The van der Waals surface area contributed by atoms with Crippen LogP contribution in [0.3, 0.4) is 0 Å². The van der Waals surface area contributed by atoms with Gasteiger partial charge in [-0.3, -0.25) is 18.9 Å². The van der Waals surface area contributed by atoms with Gasteiger partial charge < -0.3 is 10.3 Å². The molecule has 1 amide bonds. The number of halogens is 7. The number of hydrogen-bond acceptors (Lipinski definition) is 7. The summed E-state index contributed by atoms with van der Waals surface area (Å²) in [6.45, 7) is -0.878. The highest BCUT2D eigenvalue weighted by atomic mass is 35.5. The molecule has 2 saturated carbocycles. The number of fused-ring (bicyclic) bond motifs is 5. The van der Waals surface area contributed by atoms with Crippen molar-refractivity contribution in [3.63, 3.8) is 0 Å². The van der Waals surface area contributed by atoms with Gasteiger partial charge in [-0.15, -0.1) is 0 Å². The molecule has 2 aromatic carbocycles. The largest absolute Gasteiger partial charge is 0.346 e. The van der Waals surface area contributed by atoms with E-state index in [9.17, 15) is 30.8 Å². The van der Waals surface area contributed by atoms with Crippen molar-refractivity contribution in [3.8, 4) is 11.1 Å². The Morgan fingerprint density at radius 1 is 1.02 bits per heavy atom. The number of aromatic nitrogens is 7. The lowest BCUT2D eigenvalue weighted by Gasteiger charge is -2.34. The Labute approximate surface area is 325 Å². The van der Waals surface area contributed by atoms with Crippen LogP contribution in [0.5, 0.6) is 0 Å². The predicted molar refractivity (Wildman–Crippen MR) is 197 cm³/mol. The number of carbonyl (C=O) groups excluding carboxylic acids is 1. The van der Waals surface area contributed by atoms with Crippen LogP contribution in [0.4, 0.5) is 32.2 Å². The smallest absolute Gasteiger partial charge is 0.293 e. The summed E-state index contributed by atoms with van der Waals surface area (Å²) in [5.41, 5.74) is 0.336. The number of nitrogens with one attached hydrogen (secondary N) is 3. The second kappa shape index (κ2) is 13.2. The molecule has 0 radical (unpaired) electrons. The maximum absolute atomic E-state index is 15.7. The first-order valence-electron chi connectivity index (χ1n) is 18.0. The fraction of sp³-hybridized carbons (Fsp3) is 0.378. The van der Waals surface area contributed by atoms with Crippen molar-refractivity contribution >= 4 is 55.4 Å². The highest BCUT2D eigenvalue weighted by Gasteiger charge is 2.62. The summed E-state index contributed by atoms with van der Waals surface area (Å²) in [6, 6.07) is 6.43. The molecule has 0 bridgehead atoms. The Kier molecular flexibility index (Phi) is 8.65. The van der Waals surface area contributed by atoms with Gasteiger partial charge >= 0.3 is 0 Å². The van der Waals surface area contributed by atoms with Crippen molar-refractivity contribution in [3.05, 3.63) is 87.1 Å². The van der Waals surface area contributed by atoms with E-state index in [0.717, 1.165) is 31.2 Å². The van der Waals surface area contributed by atoms with E-state index in [1.807, 2.05) is 0 Å². The number of nitrogens with zero attached hydrogens (tertiary/aromatic N) is 6. The Balaban J connectivity index is 1.20. The zero-order valence-electron chi connectivity index (χ0n) is 30.1. The van der Waals surface area contributed by atoms with Crippen LogP contribution in [0.2, 0.25) is 5.02 Å². The lowest BCUT2D eigenvalue weighted by Crippen LogP contribution is -2.36. The maximum Gasteiger partial charge on any atom is 0.293 e. The van der Waals surface area contributed by atoms with E-state index in [4.69, 9.17) is 16.6 Å². The van der Waals surface area contributed by atoms with Crippen molar-refractivity contribution in [2.45, 2.75) is 68.9 Å². The van der Waals surface area contributed by atoms with E-state index in [2.05, 4.69) is 30.2 Å². The average molecular weight is 832 g/mol. The molecule has 3 aliphatic carbocycles. The fourth-order valence-corrected chi connectivity index (χ4v) is 9.08. The number of benzene rings is 2. The fourth-order valence-electron chi connectivity index (χ4n) is 8.35. The Bertz CT molecular complexity index is 2750. The van der Waals surface area contributed by atoms with E-state index >= 15 is 8.78 Å². The van der Waals surface area contributed by atoms with Crippen LogP contribution in [0, 0.1) is 17.6 Å². The van der Waals surface area contributed by atoms with Crippen molar-refractivity contribution in [1.82, 2.24) is 39.8 Å². The van der Waals surface area contributed by atoms with Crippen LogP contribution >= 0.6 is 11.6 Å². The summed E-state index contributed by atoms with van der Waals surface area (Å²) in [7, 11) is -2.25. The third-order valence-electron chi connectivity index (χ3n) is 11.0. The van der Waals surface area contributed by atoms with Gasteiger partial charge in [-0.2, -0.15) is 19.0 Å². The van der Waals surface area contributed by atoms with Gasteiger partial charge in [-0.05, 0) is 67.9 Å². The van der Waals surface area contributed by atoms with Crippen molar-refractivity contribution in [2.75, 3.05) is 11.0 Å². The van der Waals surface area contributed by atoms with Gasteiger partial charge in [-0.1, -0.05) is 17.7 Å². The van der Waals surface area contributed by atoms with Gasteiger partial charge in [0, 0.05) is 41.6 Å². The van der Waals surface area contributed by atoms with Crippen molar-refractivity contribution < 1.29 is 39.6 Å². The summed E-state index contributed by atoms with van der Waals surface area (Å²) in [5, 5.41) is 11.3. The minimum atomic E-state index is -3.81. The molecule has 57 heavy (non-hydrogen) atoms. The number of sulfonamides is 1. The number of alkyl halides is 4. The van der Waals surface area contributed by atoms with E-state index in [1.165, 1.54) is 10.7 Å². The van der Waals surface area contributed by atoms with E-state index in [0.29, 0.717) is 45.2 Å². The molecular formula is C37H32ClF6N9O3S. The number of aryl methyl sites for hydroxylation is 1. The molecule has 3 aliphatic rings. The Morgan fingerprint density at radius 3 is 2.40 bits per heavy atom. The van der Waals surface area contributed by atoms with Gasteiger partial charge in [0.05, 0.1) is 39.4 Å². The number of carbonyl (C=O) groups is 1. The SMILES string of the molecule is Cn1nc(NS(C)(=O)=O)c2c(Cl)ccc(-c3cc4[nH]c(C5CC5)nc4nc3[C@H](Cc3cc(F)cc(F)c3)NC(=O)Cn3nc(C(F)F)c4c3C(F)(F)[C@@H]3CC[C@H]43)c21. The number of pyridine rings is 1. The molecule has 298 valence electrons. The number of hydrogen-bond donors (Lipinski definition) is 3. The first-order chi connectivity index (χ1) is 27.0. The molecule has 20 heteroatoms. The third-order valence-corrected chi connectivity index (χ3v) is 11.8. The van der Waals surface area contributed by atoms with Gasteiger partial charge in [0.1, 0.15) is 35.4 Å². The second-order valence-corrected chi connectivity index (χ2v) is 17.1. The van der Waals surface area contributed by atoms with Crippen LogP contribution < -0.4 is 10.0 Å². The van der Waals surface area contributed by atoms with Gasteiger partial charge in [0.2, 0.25) is 15.9 Å². The topological polar surface area (TPSA) is 152 Å². The van der Waals surface area contributed by atoms with Gasteiger partial charge in [0.25, 0.3) is 12.3 Å². The van der Waals surface area contributed by atoms with Crippen LogP contribution in [0.1, 0.15) is 84.0 Å². The highest BCUT2D eigenvalue weighted by molar-refractivity contribution is 7.92.